The van der Waals surface area contributed by atoms with Gasteiger partial charge in [-0.3, -0.25) is 4.40 Å². The fourth-order valence-electron chi connectivity index (χ4n) is 3.59. The largest absolute Gasteiger partial charge is 0.366 e. The summed E-state index contributed by atoms with van der Waals surface area (Å²) in [4.78, 5) is 6.05. The first kappa shape index (κ1) is 22.6. The predicted molar refractivity (Wildman–Crippen MR) is 118 cm³/mol. The van der Waals surface area contributed by atoms with Crippen molar-refractivity contribution in [1.29, 1.82) is 0 Å². The Morgan fingerprint density at radius 1 is 1.21 bits per heavy atom. The fourth-order valence-corrected chi connectivity index (χ4v) is 6.68. The van der Waals surface area contributed by atoms with Crippen LogP contribution in [0.5, 0.6) is 0 Å². The first-order chi connectivity index (χ1) is 15.4. The van der Waals surface area contributed by atoms with Gasteiger partial charge in [0, 0.05) is 31.1 Å². The summed E-state index contributed by atoms with van der Waals surface area (Å²) < 4.78 is 80.2. The number of anilines is 1. The lowest BCUT2D eigenvalue weighted by Crippen LogP contribution is -2.54. The van der Waals surface area contributed by atoms with E-state index in [9.17, 15) is 25.6 Å². The normalized spacial score (nSPS) is 18.8. The van der Waals surface area contributed by atoms with E-state index in [0.717, 1.165) is 19.1 Å². The van der Waals surface area contributed by atoms with E-state index in [0.29, 0.717) is 28.4 Å². The third-order valence-electron chi connectivity index (χ3n) is 5.89. The minimum Gasteiger partial charge on any atom is -0.366 e. The van der Waals surface area contributed by atoms with Gasteiger partial charge in [-0.15, -0.1) is 10.2 Å². The zero-order valence-electron chi connectivity index (χ0n) is 17.6. The summed E-state index contributed by atoms with van der Waals surface area (Å²) in [6, 6.07) is 1.46. The molecule has 3 aromatic rings. The van der Waals surface area contributed by atoms with Crippen LogP contribution in [0.1, 0.15) is 31.2 Å². The Bertz CT molecular complexity index is 1460. The van der Waals surface area contributed by atoms with E-state index in [1.54, 1.807) is 4.90 Å². The Balaban J connectivity index is 1.63. The lowest BCUT2D eigenvalue weighted by Gasteiger charge is -2.39. The van der Waals surface area contributed by atoms with E-state index >= 15 is 0 Å². The van der Waals surface area contributed by atoms with Crippen molar-refractivity contribution in [1.82, 2.24) is 24.3 Å². The zero-order chi connectivity index (χ0) is 23.8. The monoisotopic (exact) mass is 518 g/mol. The second-order valence-electron chi connectivity index (χ2n) is 8.67. The lowest BCUT2D eigenvalue weighted by atomic mass is 10.2. The number of aromatic nitrogens is 4. The lowest BCUT2D eigenvalue weighted by molar-refractivity contribution is 0.150. The van der Waals surface area contributed by atoms with E-state index in [4.69, 9.17) is 0 Å². The van der Waals surface area contributed by atoms with Gasteiger partial charge in [-0.2, -0.15) is 0 Å². The average molecular weight is 519 g/mol. The predicted octanol–water partition coefficient (Wildman–Crippen LogP) is 1.85. The molecule has 178 valence electrons. The molecule has 10 nitrogen and oxygen atoms in total. The van der Waals surface area contributed by atoms with E-state index in [-0.39, 0.29) is 23.0 Å². The molecule has 33 heavy (non-hydrogen) atoms. The Hall–Kier alpha value is -2.23. The maximum Gasteiger partial charge on any atom is 0.291 e. The van der Waals surface area contributed by atoms with Crippen molar-refractivity contribution in [2.24, 2.45) is 0 Å². The van der Waals surface area contributed by atoms with Gasteiger partial charge in [0.1, 0.15) is 10.6 Å². The molecule has 3 aromatic heterocycles. The van der Waals surface area contributed by atoms with Gasteiger partial charge in [-0.05, 0) is 25.8 Å². The first-order valence-corrected chi connectivity index (χ1v) is 14.2. The standard InChI is InChI=1S/C18H20F2N6O4S3/c1-18(3-4-18)24-33(29,30)10-5-12(25-7-11(8-25)32(2,27)28)15-21-6-13(26(15)9-10)16-22-23-17(31-16)14(19)20/h5-6,9,11,14,24H,3-4,7-8H2,1-2H3. The van der Waals surface area contributed by atoms with Gasteiger partial charge in [0.05, 0.1) is 17.1 Å². The van der Waals surface area contributed by atoms with Gasteiger partial charge < -0.3 is 4.90 Å². The topological polar surface area (TPSA) is 127 Å². The van der Waals surface area contributed by atoms with Crippen LogP contribution in [0, 0.1) is 0 Å². The highest BCUT2D eigenvalue weighted by molar-refractivity contribution is 7.91. The third-order valence-corrected chi connectivity index (χ3v) is 9.96. The summed E-state index contributed by atoms with van der Waals surface area (Å²) >= 11 is 0.694. The Labute approximate surface area is 192 Å². The van der Waals surface area contributed by atoms with E-state index in [1.165, 1.54) is 22.9 Å². The molecule has 0 bridgehead atoms. The average Bonchev–Trinajstić information content (AvgIpc) is 3.07. The quantitative estimate of drug-likeness (QED) is 0.502. The fraction of sp³-hybridized carbons (Fsp3) is 0.500. The molecule has 0 aromatic carbocycles. The summed E-state index contributed by atoms with van der Waals surface area (Å²) in [5.74, 6) is 0. The van der Waals surface area contributed by atoms with E-state index in [2.05, 4.69) is 19.9 Å². The summed E-state index contributed by atoms with van der Waals surface area (Å²) in [7, 11) is -7.16. The second kappa shape index (κ2) is 7.38. The van der Waals surface area contributed by atoms with Crippen molar-refractivity contribution in [3.05, 3.63) is 23.5 Å². The van der Waals surface area contributed by atoms with Crippen LogP contribution in [0.4, 0.5) is 14.5 Å². The molecule has 0 radical (unpaired) electrons. The van der Waals surface area contributed by atoms with Gasteiger partial charge in [-0.1, -0.05) is 11.3 Å². The smallest absolute Gasteiger partial charge is 0.291 e. The highest BCUT2D eigenvalue weighted by Crippen LogP contribution is 2.38. The Morgan fingerprint density at radius 3 is 2.48 bits per heavy atom. The summed E-state index contributed by atoms with van der Waals surface area (Å²) in [6.45, 7) is 2.20. The summed E-state index contributed by atoms with van der Waals surface area (Å²) in [5.41, 5.74) is 0.603. The van der Waals surface area contributed by atoms with Crippen LogP contribution in [-0.2, 0) is 19.9 Å². The van der Waals surface area contributed by atoms with Crippen LogP contribution >= 0.6 is 11.3 Å². The number of hydrogen-bond acceptors (Lipinski definition) is 9. The summed E-state index contributed by atoms with van der Waals surface area (Å²) in [6.07, 6.45) is 2.61. The molecule has 4 heterocycles. The van der Waals surface area contributed by atoms with Crippen LogP contribution in [0.15, 0.2) is 23.4 Å². The van der Waals surface area contributed by atoms with Crippen LogP contribution in [0.2, 0.25) is 0 Å². The molecule has 1 aliphatic carbocycles. The number of rotatable bonds is 7. The third kappa shape index (κ3) is 4.11. The molecular formula is C18H20F2N6O4S3. The van der Waals surface area contributed by atoms with Gasteiger partial charge >= 0.3 is 0 Å². The van der Waals surface area contributed by atoms with Gasteiger partial charge in [0.15, 0.2) is 25.5 Å². The van der Waals surface area contributed by atoms with Gasteiger partial charge in [-0.25, -0.2) is 35.3 Å². The van der Waals surface area contributed by atoms with Crippen molar-refractivity contribution in [2.45, 2.75) is 41.9 Å². The number of hydrogen-bond donors (Lipinski definition) is 1. The molecular weight excluding hydrogens is 498 g/mol. The first-order valence-electron chi connectivity index (χ1n) is 9.97. The molecule has 5 rings (SSSR count). The van der Waals surface area contributed by atoms with Gasteiger partial charge in [0.25, 0.3) is 6.43 Å². The van der Waals surface area contributed by atoms with Crippen LogP contribution in [0.25, 0.3) is 16.3 Å². The number of imidazole rings is 1. The van der Waals surface area contributed by atoms with Crippen molar-refractivity contribution in [3.63, 3.8) is 0 Å². The minimum atomic E-state index is -3.91. The molecule has 2 fully saturated rings. The number of halogens is 2. The number of alkyl halides is 2. The molecule has 2 aliphatic rings. The number of fused-ring (bicyclic) bond motifs is 1. The molecule has 1 saturated carbocycles. The SMILES string of the molecule is CC1(NS(=O)(=O)c2cc(N3CC(S(C)(=O)=O)C3)c3ncc(-c4nnc(C(F)F)s4)n3c2)CC1. The minimum absolute atomic E-state index is 0.0428. The highest BCUT2D eigenvalue weighted by atomic mass is 32.2. The van der Waals surface area contributed by atoms with Crippen LogP contribution < -0.4 is 9.62 Å². The van der Waals surface area contributed by atoms with Gasteiger partial charge in [0.2, 0.25) is 10.0 Å². The highest BCUT2D eigenvalue weighted by Gasteiger charge is 2.42. The van der Waals surface area contributed by atoms with Crippen LogP contribution in [0.3, 0.4) is 0 Å². The maximum absolute atomic E-state index is 13.1. The molecule has 1 saturated heterocycles. The van der Waals surface area contributed by atoms with Crippen molar-refractivity contribution >= 4 is 42.5 Å². The molecule has 15 heteroatoms. The molecule has 0 spiro atoms. The zero-order valence-corrected chi connectivity index (χ0v) is 20.0. The second-order valence-corrected chi connectivity index (χ2v) is 13.7. The summed E-state index contributed by atoms with van der Waals surface area (Å²) in [5, 5.41) is 6.46. The van der Waals surface area contributed by atoms with Crippen LogP contribution in [-0.4, -0.2) is 66.6 Å². The van der Waals surface area contributed by atoms with Crippen molar-refractivity contribution in [3.8, 4) is 10.7 Å². The molecule has 1 N–H and O–H groups in total. The Morgan fingerprint density at radius 2 is 1.91 bits per heavy atom. The molecule has 0 atom stereocenters. The number of sulfone groups is 1. The molecule has 1 aliphatic heterocycles. The number of pyridine rings is 1. The van der Waals surface area contributed by atoms with E-state index < -0.39 is 42.1 Å². The number of nitrogens with zero attached hydrogens (tertiary/aromatic N) is 5. The van der Waals surface area contributed by atoms with E-state index in [1.807, 2.05) is 6.92 Å². The molecule has 0 amide bonds. The Kier molecular flexibility index (Phi) is 5.05. The van der Waals surface area contributed by atoms with Crippen molar-refractivity contribution < 1.29 is 25.6 Å². The van der Waals surface area contributed by atoms with Crippen molar-refractivity contribution in [2.75, 3.05) is 24.2 Å². The maximum atomic E-state index is 13.1. The molecule has 0 unspecified atom stereocenters. The number of nitrogens with one attached hydrogen (secondary N) is 1. The number of sulfonamides is 1.